The first-order valence-corrected chi connectivity index (χ1v) is 6.87. The maximum absolute atomic E-state index is 11.7. The lowest BCUT2D eigenvalue weighted by molar-refractivity contribution is -0.117. The highest BCUT2D eigenvalue weighted by atomic mass is 16.2. The molecular weight excluding hydrogens is 248 g/mol. The van der Waals surface area contributed by atoms with Crippen molar-refractivity contribution in [1.29, 1.82) is 0 Å². The average molecular weight is 266 g/mol. The molecule has 2 aromatic rings. The van der Waals surface area contributed by atoms with Gasteiger partial charge in [0, 0.05) is 11.6 Å². The van der Waals surface area contributed by atoms with Crippen molar-refractivity contribution < 1.29 is 4.79 Å². The standard InChI is InChI=1S/C17H18N2O/c1-10-13-5-3-4-6-14(13)15-8-7-12(9-16(10)15)19-17(20)11(2)18/h3-11H,18H2,1-2H3,(H,19,20). The molecule has 0 aliphatic heterocycles. The maximum atomic E-state index is 11.7. The monoisotopic (exact) mass is 266 g/mol. The molecule has 0 saturated heterocycles. The molecule has 3 N–H and O–H groups in total. The molecule has 0 bridgehead atoms. The van der Waals surface area contributed by atoms with Crippen LogP contribution in [0.5, 0.6) is 0 Å². The Balaban J connectivity index is 1.98. The molecule has 1 amide bonds. The molecule has 2 aromatic carbocycles. The molecule has 3 nitrogen and oxygen atoms in total. The normalized spacial score (nSPS) is 17.2. The third kappa shape index (κ3) is 2.00. The highest BCUT2D eigenvalue weighted by Gasteiger charge is 2.25. The summed E-state index contributed by atoms with van der Waals surface area (Å²) in [6, 6.07) is 14.0. The molecule has 0 heterocycles. The second kappa shape index (κ2) is 4.76. The molecule has 0 spiro atoms. The van der Waals surface area contributed by atoms with Gasteiger partial charge in [-0.25, -0.2) is 0 Å². The predicted molar refractivity (Wildman–Crippen MR) is 81.7 cm³/mol. The molecule has 0 saturated carbocycles. The third-order valence-corrected chi connectivity index (χ3v) is 3.92. The molecule has 0 aromatic heterocycles. The average Bonchev–Trinajstić information content (AvgIpc) is 2.73. The van der Waals surface area contributed by atoms with Crippen molar-refractivity contribution in [2.24, 2.45) is 5.73 Å². The van der Waals surface area contributed by atoms with Crippen LogP contribution in [0.2, 0.25) is 0 Å². The highest BCUT2D eigenvalue weighted by Crippen LogP contribution is 2.45. The number of fused-ring (bicyclic) bond motifs is 3. The number of carbonyl (C=O) groups excluding carboxylic acids is 1. The zero-order chi connectivity index (χ0) is 14.3. The Kier molecular flexibility index (Phi) is 3.07. The van der Waals surface area contributed by atoms with E-state index in [0.29, 0.717) is 5.92 Å². The summed E-state index contributed by atoms with van der Waals surface area (Å²) in [5.41, 5.74) is 11.5. The minimum atomic E-state index is -0.502. The summed E-state index contributed by atoms with van der Waals surface area (Å²) < 4.78 is 0. The second-order valence-electron chi connectivity index (χ2n) is 5.39. The van der Waals surface area contributed by atoms with Gasteiger partial charge >= 0.3 is 0 Å². The molecule has 2 unspecified atom stereocenters. The molecule has 0 fully saturated rings. The van der Waals surface area contributed by atoms with Crippen LogP contribution in [0.1, 0.15) is 30.9 Å². The van der Waals surface area contributed by atoms with Crippen LogP contribution in [-0.4, -0.2) is 11.9 Å². The topological polar surface area (TPSA) is 55.1 Å². The fourth-order valence-electron chi connectivity index (χ4n) is 2.79. The van der Waals surface area contributed by atoms with Crippen LogP contribution in [-0.2, 0) is 4.79 Å². The molecule has 1 aliphatic carbocycles. The van der Waals surface area contributed by atoms with E-state index >= 15 is 0 Å². The number of rotatable bonds is 2. The largest absolute Gasteiger partial charge is 0.325 e. The Morgan fingerprint density at radius 2 is 1.85 bits per heavy atom. The zero-order valence-electron chi connectivity index (χ0n) is 11.7. The van der Waals surface area contributed by atoms with Crippen molar-refractivity contribution in [3.63, 3.8) is 0 Å². The first kappa shape index (κ1) is 12.9. The van der Waals surface area contributed by atoms with E-state index in [1.165, 1.54) is 22.3 Å². The minimum Gasteiger partial charge on any atom is -0.325 e. The van der Waals surface area contributed by atoms with E-state index in [1.54, 1.807) is 6.92 Å². The number of benzene rings is 2. The van der Waals surface area contributed by atoms with Crippen molar-refractivity contribution in [1.82, 2.24) is 0 Å². The summed E-state index contributed by atoms with van der Waals surface area (Å²) in [7, 11) is 0. The molecule has 0 radical (unpaired) electrons. The Hall–Kier alpha value is -2.13. The van der Waals surface area contributed by atoms with Gasteiger partial charge in [0.25, 0.3) is 0 Å². The fourth-order valence-corrected chi connectivity index (χ4v) is 2.79. The number of amides is 1. The first-order valence-electron chi connectivity index (χ1n) is 6.87. The molecule has 2 atom stereocenters. The lowest BCUT2D eigenvalue weighted by atomic mass is 9.99. The highest BCUT2D eigenvalue weighted by molar-refractivity contribution is 5.95. The lowest BCUT2D eigenvalue weighted by Crippen LogP contribution is -2.32. The van der Waals surface area contributed by atoms with Gasteiger partial charge in [-0.05, 0) is 41.3 Å². The van der Waals surface area contributed by atoms with E-state index in [4.69, 9.17) is 5.73 Å². The summed E-state index contributed by atoms with van der Waals surface area (Å²) in [5.74, 6) is 0.196. The number of hydrogen-bond acceptors (Lipinski definition) is 2. The summed E-state index contributed by atoms with van der Waals surface area (Å²) in [6.07, 6.45) is 0. The van der Waals surface area contributed by atoms with E-state index in [2.05, 4.69) is 48.6 Å². The summed E-state index contributed by atoms with van der Waals surface area (Å²) >= 11 is 0. The van der Waals surface area contributed by atoms with Crippen LogP contribution in [0, 0.1) is 0 Å². The van der Waals surface area contributed by atoms with Crippen LogP contribution >= 0.6 is 0 Å². The molecule has 3 rings (SSSR count). The van der Waals surface area contributed by atoms with Gasteiger partial charge in [0.1, 0.15) is 0 Å². The van der Waals surface area contributed by atoms with Crippen molar-refractivity contribution in [3.05, 3.63) is 53.6 Å². The maximum Gasteiger partial charge on any atom is 0.240 e. The number of anilines is 1. The predicted octanol–water partition coefficient (Wildman–Crippen LogP) is 3.10. The number of nitrogens with two attached hydrogens (primary N) is 1. The van der Waals surface area contributed by atoms with E-state index in [9.17, 15) is 4.79 Å². The number of hydrogen-bond donors (Lipinski definition) is 2. The third-order valence-electron chi connectivity index (χ3n) is 3.92. The van der Waals surface area contributed by atoms with Gasteiger partial charge in [-0.3, -0.25) is 4.79 Å². The van der Waals surface area contributed by atoms with Crippen molar-refractivity contribution >= 4 is 11.6 Å². The van der Waals surface area contributed by atoms with Gasteiger partial charge in [-0.2, -0.15) is 0 Å². The lowest BCUT2D eigenvalue weighted by Gasteiger charge is -2.11. The zero-order valence-corrected chi connectivity index (χ0v) is 11.7. The Labute approximate surface area is 118 Å². The molecular formula is C17H18N2O. The second-order valence-corrected chi connectivity index (χ2v) is 5.39. The van der Waals surface area contributed by atoms with E-state index < -0.39 is 6.04 Å². The SMILES string of the molecule is CC(N)C(=O)Nc1ccc2c(c1)C(C)c1ccccc1-2. The van der Waals surface area contributed by atoms with E-state index in [0.717, 1.165) is 5.69 Å². The fraction of sp³-hybridized carbons (Fsp3) is 0.235. The Morgan fingerprint density at radius 1 is 1.15 bits per heavy atom. The minimum absolute atomic E-state index is 0.159. The van der Waals surface area contributed by atoms with Crippen molar-refractivity contribution in [2.45, 2.75) is 25.8 Å². The molecule has 20 heavy (non-hydrogen) atoms. The van der Waals surface area contributed by atoms with Gasteiger partial charge < -0.3 is 11.1 Å². The van der Waals surface area contributed by atoms with Gasteiger partial charge in [-0.15, -0.1) is 0 Å². The van der Waals surface area contributed by atoms with Crippen molar-refractivity contribution in [3.8, 4) is 11.1 Å². The van der Waals surface area contributed by atoms with Gasteiger partial charge in [0.2, 0.25) is 5.91 Å². The quantitative estimate of drug-likeness (QED) is 0.877. The van der Waals surface area contributed by atoms with Crippen LogP contribution < -0.4 is 11.1 Å². The Morgan fingerprint density at radius 3 is 2.60 bits per heavy atom. The van der Waals surface area contributed by atoms with Crippen LogP contribution in [0.3, 0.4) is 0 Å². The van der Waals surface area contributed by atoms with Gasteiger partial charge in [-0.1, -0.05) is 37.3 Å². The summed E-state index contributed by atoms with van der Waals surface area (Å²) in [5, 5.41) is 2.85. The van der Waals surface area contributed by atoms with Crippen LogP contribution in [0.15, 0.2) is 42.5 Å². The van der Waals surface area contributed by atoms with Gasteiger partial charge in [0.05, 0.1) is 6.04 Å². The number of nitrogens with one attached hydrogen (secondary N) is 1. The first-order chi connectivity index (χ1) is 9.58. The van der Waals surface area contributed by atoms with Crippen LogP contribution in [0.25, 0.3) is 11.1 Å². The molecule has 1 aliphatic rings. The Bertz CT molecular complexity index is 676. The van der Waals surface area contributed by atoms with Gasteiger partial charge in [0.15, 0.2) is 0 Å². The smallest absolute Gasteiger partial charge is 0.240 e. The summed E-state index contributed by atoms with van der Waals surface area (Å²) in [6.45, 7) is 3.88. The van der Waals surface area contributed by atoms with Crippen molar-refractivity contribution in [2.75, 3.05) is 5.32 Å². The van der Waals surface area contributed by atoms with Crippen LogP contribution in [0.4, 0.5) is 5.69 Å². The molecule has 3 heteroatoms. The van der Waals surface area contributed by atoms with E-state index in [-0.39, 0.29) is 5.91 Å². The number of carbonyl (C=O) groups is 1. The molecule has 102 valence electrons. The summed E-state index contributed by atoms with van der Waals surface area (Å²) in [4.78, 5) is 11.7. The van der Waals surface area contributed by atoms with E-state index in [1.807, 2.05) is 6.07 Å².